The quantitative estimate of drug-likeness (QED) is 0.776. The van der Waals surface area contributed by atoms with E-state index in [0.717, 1.165) is 10.7 Å². The zero-order valence-electron chi connectivity index (χ0n) is 10.4. The lowest BCUT2D eigenvalue weighted by atomic mass is 9.93. The molecule has 1 aromatic heterocycles. The second kappa shape index (κ2) is 4.58. The Morgan fingerprint density at radius 1 is 1.59 bits per heavy atom. The molecule has 1 atom stereocenters. The number of carbonyl (C=O) groups is 1. The van der Waals surface area contributed by atoms with Crippen molar-refractivity contribution in [1.82, 2.24) is 9.88 Å². The number of aromatic nitrogens is 1. The minimum atomic E-state index is -0.0375. The van der Waals surface area contributed by atoms with Crippen molar-refractivity contribution >= 4 is 28.8 Å². The fraction of sp³-hybridized carbons (Fsp3) is 0.667. The molecule has 1 aliphatic rings. The fourth-order valence-corrected chi connectivity index (χ4v) is 3.10. The molecule has 94 valence electrons. The molecule has 1 fully saturated rings. The maximum Gasteiger partial charge on any atom is 0.224 e. The minimum Gasteiger partial charge on any atom is -0.334 e. The Morgan fingerprint density at radius 3 is 2.76 bits per heavy atom. The Balaban J connectivity index is 2.05. The zero-order chi connectivity index (χ0) is 12.6. The van der Waals surface area contributed by atoms with Crippen molar-refractivity contribution in [3.63, 3.8) is 0 Å². The van der Waals surface area contributed by atoms with Crippen molar-refractivity contribution in [1.29, 1.82) is 0 Å². The summed E-state index contributed by atoms with van der Waals surface area (Å²) < 4.78 is 0. The number of amides is 1. The summed E-state index contributed by atoms with van der Waals surface area (Å²) in [5.41, 5.74) is 1.16. The SMILES string of the molecule is CC(C)(C)c1csc(CN2CC(Cl)CC2=O)n1. The van der Waals surface area contributed by atoms with Gasteiger partial charge in [0.25, 0.3) is 0 Å². The third-order valence-electron chi connectivity index (χ3n) is 2.81. The maximum atomic E-state index is 11.6. The average Bonchev–Trinajstić information content (AvgIpc) is 2.74. The van der Waals surface area contributed by atoms with Crippen molar-refractivity contribution in [2.24, 2.45) is 0 Å². The molecule has 2 rings (SSSR count). The molecule has 1 aromatic rings. The highest BCUT2D eigenvalue weighted by molar-refractivity contribution is 7.09. The third kappa shape index (κ3) is 2.99. The van der Waals surface area contributed by atoms with E-state index in [0.29, 0.717) is 19.5 Å². The monoisotopic (exact) mass is 272 g/mol. The Labute approximate surface area is 111 Å². The molecular weight excluding hydrogens is 256 g/mol. The lowest BCUT2D eigenvalue weighted by Crippen LogP contribution is -2.24. The normalized spacial score (nSPS) is 21.3. The second-order valence-electron chi connectivity index (χ2n) is 5.45. The summed E-state index contributed by atoms with van der Waals surface area (Å²) >= 11 is 7.58. The predicted octanol–water partition coefficient (Wildman–Crippen LogP) is 2.78. The molecule has 2 heterocycles. The Bertz CT molecular complexity index is 424. The number of thiazole rings is 1. The first-order valence-corrected chi connectivity index (χ1v) is 7.04. The number of halogens is 1. The number of likely N-dealkylation sites (tertiary alicyclic amines) is 1. The summed E-state index contributed by atoms with van der Waals surface area (Å²) in [4.78, 5) is 18.0. The molecule has 3 nitrogen and oxygen atoms in total. The highest BCUT2D eigenvalue weighted by Gasteiger charge is 2.29. The molecular formula is C12H17ClN2OS. The van der Waals surface area contributed by atoms with Crippen LogP contribution in [0.5, 0.6) is 0 Å². The van der Waals surface area contributed by atoms with Crippen LogP contribution in [-0.4, -0.2) is 27.7 Å². The van der Waals surface area contributed by atoms with Crippen LogP contribution < -0.4 is 0 Å². The molecule has 17 heavy (non-hydrogen) atoms. The number of hydrogen-bond donors (Lipinski definition) is 0. The van der Waals surface area contributed by atoms with Gasteiger partial charge in [-0.2, -0.15) is 0 Å². The van der Waals surface area contributed by atoms with Gasteiger partial charge < -0.3 is 4.90 Å². The van der Waals surface area contributed by atoms with E-state index in [-0.39, 0.29) is 16.7 Å². The van der Waals surface area contributed by atoms with E-state index >= 15 is 0 Å². The van der Waals surface area contributed by atoms with Crippen molar-refractivity contribution in [3.05, 3.63) is 16.1 Å². The van der Waals surface area contributed by atoms with E-state index in [4.69, 9.17) is 11.6 Å². The topological polar surface area (TPSA) is 33.2 Å². The van der Waals surface area contributed by atoms with Gasteiger partial charge in [-0.1, -0.05) is 20.8 Å². The first-order valence-electron chi connectivity index (χ1n) is 5.73. The summed E-state index contributed by atoms with van der Waals surface area (Å²) in [6, 6.07) is 0. The van der Waals surface area contributed by atoms with Crippen molar-refractivity contribution in [2.75, 3.05) is 6.54 Å². The smallest absolute Gasteiger partial charge is 0.224 e. The number of carbonyl (C=O) groups excluding carboxylic acids is 1. The van der Waals surface area contributed by atoms with Crippen molar-refractivity contribution < 1.29 is 4.79 Å². The number of rotatable bonds is 2. The largest absolute Gasteiger partial charge is 0.334 e. The van der Waals surface area contributed by atoms with Gasteiger partial charge in [-0.15, -0.1) is 22.9 Å². The van der Waals surface area contributed by atoms with E-state index in [2.05, 4.69) is 31.1 Å². The van der Waals surface area contributed by atoms with Crippen LogP contribution >= 0.6 is 22.9 Å². The van der Waals surface area contributed by atoms with Gasteiger partial charge in [0, 0.05) is 23.8 Å². The van der Waals surface area contributed by atoms with Crippen LogP contribution in [0.4, 0.5) is 0 Å². The molecule has 0 spiro atoms. The van der Waals surface area contributed by atoms with Gasteiger partial charge in [0.15, 0.2) is 0 Å². The highest BCUT2D eigenvalue weighted by atomic mass is 35.5. The first-order chi connectivity index (χ1) is 7.86. The van der Waals surface area contributed by atoms with Gasteiger partial charge in [0.2, 0.25) is 5.91 Å². The maximum absolute atomic E-state index is 11.6. The molecule has 0 aromatic carbocycles. The lowest BCUT2D eigenvalue weighted by Gasteiger charge is -2.15. The van der Waals surface area contributed by atoms with Gasteiger partial charge in [0.1, 0.15) is 5.01 Å². The highest BCUT2D eigenvalue weighted by Crippen LogP contribution is 2.26. The van der Waals surface area contributed by atoms with Gasteiger partial charge >= 0.3 is 0 Å². The van der Waals surface area contributed by atoms with Gasteiger partial charge in [0.05, 0.1) is 17.6 Å². The van der Waals surface area contributed by atoms with Gasteiger partial charge in [-0.3, -0.25) is 4.79 Å². The molecule has 0 bridgehead atoms. The summed E-state index contributed by atoms with van der Waals surface area (Å²) in [5.74, 6) is 0.137. The van der Waals surface area contributed by atoms with Crippen LogP contribution in [0.2, 0.25) is 0 Å². The Kier molecular flexibility index (Phi) is 3.46. The molecule has 1 unspecified atom stereocenters. The molecule has 1 saturated heterocycles. The van der Waals surface area contributed by atoms with Crippen LogP contribution in [0.25, 0.3) is 0 Å². The Morgan fingerprint density at radius 2 is 2.29 bits per heavy atom. The van der Waals surface area contributed by atoms with Crippen molar-refractivity contribution in [3.8, 4) is 0 Å². The summed E-state index contributed by atoms with van der Waals surface area (Å²) in [6.45, 7) is 7.67. The van der Waals surface area contributed by atoms with E-state index in [1.165, 1.54) is 0 Å². The van der Waals surface area contributed by atoms with Crippen LogP contribution in [-0.2, 0) is 16.8 Å². The third-order valence-corrected chi connectivity index (χ3v) is 3.94. The zero-order valence-corrected chi connectivity index (χ0v) is 11.9. The predicted molar refractivity (Wildman–Crippen MR) is 70.5 cm³/mol. The Hall–Kier alpha value is -0.610. The summed E-state index contributed by atoms with van der Waals surface area (Å²) in [5, 5.41) is 3.03. The molecule has 1 amide bonds. The van der Waals surface area contributed by atoms with E-state index in [9.17, 15) is 4.79 Å². The van der Waals surface area contributed by atoms with E-state index in [1.54, 1.807) is 16.2 Å². The van der Waals surface area contributed by atoms with Crippen molar-refractivity contribution in [2.45, 2.75) is 44.5 Å². The summed E-state index contributed by atoms with van der Waals surface area (Å²) in [6.07, 6.45) is 0.457. The van der Waals surface area contributed by atoms with E-state index in [1.807, 2.05) is 0 Å². The standard InChI is InChI=1S/C12H17ClN2OS/c1-12(2,3)9-7-17-10(14-9)6-15-5-8(13)4-11(15)16/h7-8H,4-6H2,1-3H3. The van der Waals surface area contributed by atoms with Gasteiger partial charge in [-0.05, 0) is 0 Å². The number of nitrogens with zero attached hydrogens (tertiary/aromatic N) is 2. The number of hydrogen-bond acceptors (Lipinski definition) is 3. The second-order valence-corrected chi connectivity index (χ2v) is 7.01. The van der Waals surface area contributed by atoms with Gasteiger partial charge in [-0.25, -0.2) is 4.98 Å². The van der Waals surface area contributed by atoms with Crippen LogP contribution in [0, 0.1) is 0 Å². The average molecular weight is 273 g/mol. The first kappa shape index (κ1) is 12.8. The van der Waals surface area contributed by atoms with Crippen LogP contribution in [0.1, 0.15) is 37.9 Å². The summed E-state index contributed by atoms with van der Waals surface area (Å²) in [7, 11) is 0. The fourth-order valence-electron chi connectivity index (χ4n) is 1.77. The molecule has 0 N–H and O–H groups in total. The molecule has 0 aliphatic carbocycles. The minimum absolute atomic E-state index is 0.0375. The lowest BCUT2D eigenvalue weighted by molar-refractivity contribution is -0.128. The number of alkyl halides is 1. The molecule has 1 aliphatic heterocycles. The van der Waals surface area contributed by atoms with Crippen LogP contribution in [0.3, 0.4) is 0 Å². The van der Waals surface area contributed by atoms with E-state index < -0.39 is 0 Å². The molecule has 5 heteroatoms. The van der Waals surface area contributed by atoms with Crippen LogP contribution in [0.15, 0.2) is 5.38 Å². The molecule has 0 saturated carbocycles. The molecule has 0 radical (unpaired) electrons.